The molecular weight excluding hydrogens is 323 g/mol. The molecule has 24 heavy (non-hydrogen) atoms. The van der Waals surface area contributed by atoms with Crippen LogP contribution in [0.1, 0.15) is 30.9 Å². The third-order valence-electron chi connectivity index (χ3n) is 3.90. The number of carboxylic acids is 1. The summed E-state index contributed by atoms with van der Waals surface area (Å²) in [5.74, 6) is -5.02. The second-order valence-electron chi connectivity index (χ2n) is 5.44. The van der Waals surface area contributed by atoms with Crippen LogP contribution < -0.4 is 0 Å². The van der Waals surface area contributed by atoms with Crippen molar-refractivity contribution < 1.29 is 27.9 Å². The molecule has 2 rings (SSSR count). The summed E-state index contributed by atoms with van der Waals surface area (Å²) in [5, 5.41) is 8.74. The first kappa shape index (κ1) is 17.8. The zero-order valence-corrected chi connectivity index (χ0v) is 12.7. The minimum atomic E-state index is -1.31. The number of likely N-dealkylation sites (tertiary alicyclic amines) is 1. The summed E-state index contributed by atoms with van der Waals surface area (Å²) in [5.41, 5.74) is -0.127. The van der Waals surface area contributed by atoms with Crippen LogP contribution in [0.2, 0.25) is 0 Å². The molecule has 1 N–H and O–H groups in total. The normalized spacial score (nSPS) is 20.5. The first-order valence-electron chi connectivity index (χ1n) is 7.32. The number of rotatable bonds is 5. The number of carboxylic acid groups (broad SMARTS) is 1. The maximum Gasteiger partial charge on any atom is 0.328 e. The fraction of sp³-hybridized carbons (Fsp3) is 0.294. The summed E-state index contributed by atoms with van der Waals surface area (Å²) >= 11 is 0. The fourth-order valence-corrected chi connectivity index (χ4v) is 2.91. The molecule has 1 amide bonds. The Kier molecular flexibility index (Phi) is 5.43. The first-order chi connectivity index (χ1) is 11.3. The molecule has 2 atom stereocenters. The lowest BCUT2D eigenvalue weighted by Crippen LogP contribution is -2.36. The van der Waals surface area contributed by atoms with Crippen LogP contribution in [0, 0.1) is 17.5 Å². The topological polar surface area (TPSA) is 57.6 Å². The van der Waals surface area contributed by atoms with E-state index in [1.54, 1.807) is 0 Å². The van der Waals surface area contributed by atoms with Crippen LogP contribution in [-0.2, 0) is 9.59 Å². The van der Waals surface area contributed by atoms with Gasteiger partial charge in [0.15, 0.2) is 11.6 Å². The fourth-order valence-electron chi connectivity index (χ4n) is 2.91. The summed E-state index contributed by atoms with van der Waals surface area (Å²) in [6, 6.07) is -0.171. The van der Waals surface area contributed by atoms with Crippen molar-refractivity contribution in [1.82, 2.24) is 4.90 Å². The second kappa shape index (κ2) is 7.33. The largest absolute Gasteiger partial charge is 0.478 e. The van der Waals surface area contributed by atoms with Crippen LogP contribution in [0.25, 0.3) is 0 Å². The lowest BCUT2D eigenvalue weighted by Gasteiger charge is -2.29. The molecule has 0 aromatic heterocycles. The molecule has 128 valence electrons. The molecule has 1 aliphatic heterocycles. The Morgan fingerprint density at radius 2 is 1.88 bits per heavy atom. The van der Waals surface area contributed by atoms with Gasteiger partial charge >= 0.3 is 5.97 Å². The van der Waals surface area contributed by atoms with Gasteiger partial charge in [-0.05, 0) is 18.9 Å². The highest BCUT2D eigenvalue weighted by molar-refractivity contribution is 5.81. The van der Waals surface area contributed by atoms with Crippen molar-refractivity contribution in [2.75, 3.05) is 0 Å². The van der Waals surface area contributed by atoms with Crippen molar-refractivity contribution in [3.63, 3.8) is 0 Å². The molecule has 7 heteroatoms. The predicted octanol–water partition coefficient (Wildman–Crippen LogP) is 3.35. The van der Waals surface area contributed by atoms with E-state index in [1.165, 1.54) is 17.1 Å². The minimum Gasteiger partial charge on any atom is -0.478 e. The second-order valence-corrected chi connectivity index (χ2v) is 5.44. The SMILES string of the molecule is C=CCC(=O)N1[C@@H](C=CC(=O)O)CC[C@H]1c1cc(F)c(F)cc1F. The summed E-state index contributed by atoms with van der Waals surface area (Å²) in [4.78, 5) is 24.3. The molecule has 0 bridgehead atoms. The van der Waals surface area contributed by atoms with Crippen molar-refractivity contribution in [3.05, 3.63) is 60.0 Å². The average Bonchev–Trinajstić information content (AvgIpc) is 2.92. The monoisotopic (exact) mass is 339 g/mol. The molecule has 1 heterocycles. The number of carbonyl (C=O) groups excluding carboxylic acids is 1. The van der Waals surface area contributed by atoms with Crippen LogP contribution in [0.4, 0.5) is 13.2 Å². The van der Waals surface area contributed by atoms with Gasteiger partial charge in [0.2, 0.25) is 5.91 Å². The van der Waals surface area contributed by atoms with Gasteiger partial charge in [0.05, 0.1) is 12.1 Å². The molecule has 1 aromatic rings. The molecule has 1 fully saturated rings. The molecule has 1 aliphatic rings. The van der Waals surface area contributed by atoms with E-state index in [1.807, 2.05) is 0 Å². The van der Waals surface area contributed by atoms with Gasteiger partial charge in [-0.15, -0.1) is 6.58 Å². The van der Waals surface area contributed by atoms with Crippen molar-refractivity contribution in [1.29, 1.82) is 0 Å². The zero-order chi connectivity index (χ0) is 17.9. The Hall–Kier alpha value is -2.57. The summed E-state index contributed by atoms with van der Waals surface area (Å²) < 4.78 is 40.7. The van der Waals surface area contributed by atoms with Gasteiger partial charge < -0.3 is 10.0 Å². The first-order valence-corrected chi connectivity index (χ1v) is 7.32. The Bertz CT molecular complexity index is 703. The highest BCUT2D eigenvalue weighted by Gasteiger charge is 2.37. The Balaban J connectivity index is 2.41. The molecule has 1 saturated heterocycles. The minimum absolute atomic E-state index is 0.0286. The number of hydrogen-bond donors (Lipinski definition) is 1. The quantitative estimate of drug-likeness (QED) is 0.508. The number of aliphatic carboxylic acids is 1. The number of hydrogen-bond acceptors (Lipinski definition) is 2. The number of carbonyl (C=O) groups is 2. The Labute approximate surface area is 136 Å². The highest BCUT2D eigenvalue weighted by Crippen LogP contribution is 2.38. The molecule has 0 unspecified atom stereocenters. The maximum absolute atomic E-state index is 14.1. The van der Waals surface area contributed by atoms with Crippen molar-refractivity contribution in [3.8, 4) is 0 Å². The Morgan fingerprint density at radius 3 is 2.50 bits per heavy atom. The Morgan fingerprint density at radius 1 is 1.21 bits per heavy atom. The standard InChI is InChI=1S/C17H16F3NO3/c1-2-3-16(22)21-10(5-7-17(23)24)4-6-15(21)11-8-13(19)14(20)9-12(11)18/h2,5,7-10,15H,1,3-4,6H2,(H,23,24)/t10-,15+/m1/s1. The van der Waals surface area contributed by atoms with Gasteiger partial charge in [-0.1, -0.05) is 12.2 Å². The van der Waals surface area contributed by atoms with Gasteiger partial charge in [-0.2, -0.15) is 0 Å². The van der Waals surface area contributed by atoms with Gasteiger partial charge in [0.1, 0.15) is 5.82 Å². The number of nitrogens with zero attached hydrogens (tertiary/aromatic N) is 1. The molecular formula is C17H16F3NO3. The van der Waals surface area contributed by atoms with Crippen LogP contribution >= 0.6 is 0 Å². The van der Waals surface area contributed by atoms with E-state index in [-0.39, 0.29) is 12.0 Å². The smallest absolute Gasteiger partial charge is 0.328 e. The van der Waals surface area contributed by atoms with E-state index in [0.29, 0.717) is 18.9 Å². The molecule has 1 aromatic carbocycles. The number of benzene rings is 1. The van der Waals surface area contributed by atoms with Gasteiger partial charge in [-0.3, -0.25) is 4.79 Å². The average molecular weight is 339 g/mol. The van der Waals surface area contributed by atoms with E-state index >= 15 is 0 Å². The molecule has 0 spiro atoms. The number of halogens is 3. The lowest BCUT2D eigenvalue weighted by molar-refractivity contribution is -0.133. The van der Waals surface area contributed by atoms with Crippen LogP contribution in [-0.4, -0.2) is 27.9 Å². The van der Waals surface area contributed by atoms with Gasteiger partial charge in [0, 0.05) is 24.1 Å². The van der Waals surface area contributed by atoms with Crippen molar-refractivity contribution in [2.45, 2.75) is 31.3 Å². The lowest BCUT2D eigenvalue weighted by atomic mass is 10.0. The van der Waals surface area contributed by atoms with Crippen LogP contribution in [0.5, 0.6) is 0 Å². The molecule has 0 saturated carbocycles. The maximum atomic E-state index is 14.1. The van der Waals surface area contributed by atoms with E-state index < -0.39 is 41.4 Å². The third-order valence-corrected chi connectivity index (χ3v) is 3.90. The van der Waals surface area contributed by atoms with Gasteiger partial charge in [0.25, 0.3) is 0 Å². The van der Waals surface area contributed by atoms with E-state index in [0.717, 1.165) is 12.1 Å². The van der Waals surface area contributed by atoms with E-state index in [9.17, 15) is 22.8 Å². The van der Waals surface area contributed by atoms with Crippen molar-refractivity contribution >= 4 is 11.9 Å². The summed E-state index contributed by atoms with van der Waals surface area (Å²) in [6.07, 6.45) is 4.27. The molecule has 4 nitrogen and oxygen atoms in total. The molecule has 0 aliphatic carbocycles. The van der Waals surface area contributed by atoms with Crippen LogP contribution in [0.15, 0.2) is 36.9 Å². The van der Waals surface area contributed by atoms with Crippen molar-refractivity contribution in [2.24, 2.45) is 0 Å². The zero-order valence-electron chi connectivity index (χ0n) is 12.7. The summed E-state index contributed by atoms with van der Waals surface area (Å²) in [7, 11) is 0. The highest BCUT2D eigenvalue weighted by atomic mass is 19.2. The summed E-state index contributed by atoms with van der Waals surface area (Å²) in [6.45, 7) is 3.47. The van der Waals surface area contributed by atoms with Crippen LogP contribution in [0.3, 0.4) is 0 Å². The third kappa shape index (κ3) is 3.67. The molecule has 0 radical (unpaired) electrons. The van der Waals surface area contributed by atoms with Gasteiger partial charge in [-0.25, -0.2) is 18.0 Å². The van der Waals surface area contributed by atoms with E-state index in [4.69, 9.17) is 5.11 Å². The predicted molar refractivity (Wildman–Crippen MR) is 80.5 cm³/mol. The van der Waals surface area contributed by atoms with E-state index in [2.05, 4.69) is 6.58 Å². The number of amides is 1.